The monoisotopic (exact) mass is 200 g/mol. The molecular weight excluding hydrogens is 192 g/mol. The Balaban J connectivity index is 4.31. The fourth-order valence-electron chi connectivity index (χ4n) is 0.466. The van der Waals surface area contributed by atoms with E-state index in [0.717, 1.165) is 6.92 Å². The van der Waals surface area contributed by atoms with E-state index < -0.39 is 24.7 Å². The lowest BCUT2D eigenvalue weighted by molar-refractivity contribution is -0.133. The van der Waals surface area contributed by atoms with E-state index in [1.54, 1.807) is 0 Å². The van der Waals surface area contributed by atoms with Crippen LogP contribution in [0.3, 0.4) is 0 Å². The third kappa shape index (κ3) is 3.91. The van der Waals surface area contributed by atoms with Crippen LogP contribution in [0.2, 0.25) is 0 Å². The molecule has 2 nitrogen and oxygen atoms in total. The minimum absolute atomic E-state index is 0.375. The SMILES string of the molecule is C/C(=C\CC(F)(F)C(F)F)C(=O)O. The van der Waals surface area contributed by atoms with E-state index >= 15 is 0 Å². The molecule has 0 aliphatic carbocycles. The van der Waals surface area contributed by atoms with Gasteiger partial charge in [-0.1, -0.05) is 6.08 Å². The molecule has 1 N–H and O–H groups in total. The van der Waals surface area contributed by atoms with E-state index in [1.165, 1.54) is 0 Å². The Labute approximate surface area is 71.9 Å². The Morgan fingerprint density at radius 1 is 1.54 bits per heavy atom. The number of halogens is 4. The third-order valence-electron chi connectivity index (χ3n) is 1.34. The highest BCUT2D eigenvalue weighted by atomic mass is 19.3. The van der Waals surface area contributed by atoms with E-state index in [2.05, 4.69) is 0 Å². The summed E-state index contributed by atoms with van der Waals surface area (Å²) >= 11 is 0. The van der Waals surface area contributed by atoms with Gasteiger partial charge >= 0.3 is 18.3 Å². The van der Waals surface area contributed by atoms with E-state index in [9.17, 15) is 22.4 Å². The Hall–Kier alpha value is -1.07. The molecule has 0 atom stereocenters. The first-order valence-corrected chi connectivity index (χ1v) is 3.33. The maximum absolute atomic E-state index is 12.2. The predicted molar refractivity (Wildman–Crippen MR) is 37.0 cm³/mol. The van der Waals surface area contributed by atoms with Crippen molar-refractivity contribution in [2.45, 2.75) is 25.7 Å². The van der Waals surface area contributed by atoms with Gasteiger partial charge in [0.15, 0.2) is 0 Å². The number of hydrogen-bond donors (Lipinski definition) is 1. The number of alkyl halides is 4. The molecule has 0 saturated carbocycles. The Morgan fingerprint density at radius 3 is 2.31 bits per heavy atom. The van der Waals surface area contributed by atoms with Crippen molar-refractivity contribution in [3.05, 3.63) is 11.6 Å². The van der Waals surface area contributed by atoms with Crippen LogP contribution in [-0.2, 0) is 4.79 Å². The highest BCUT2D eigenvalue weighted by molar-refractivity contribution is 5.85. The summed E-state index contributed by atoms with van der Waals surface area (Å²) in [5.74, 6) is -5.55. The van der Waals surface area contributed by atoms with Gasteiger partial charge in [-0.05, 0) is 6.92 Å². The van der Waals surface area contributed by atoms with Gasteiger partial charge in [0.25, 0.3) is 0 Å². The molecule has 0 spiro atoms. The van der Waals surface area contributed by atoms with Crippen LogP contribution in [0.1, 0.15) is 13.3 Å². The molecule has 0 heterocycles. The lowest BCUT2D eigenvalue weighted by Gasteiger charge is -2.12. The minimum atomic E-state index is -4.16. The van der Waals surface area contributed by atoms with Crippen molar-refractivity contribution in [3.8, 4) is 0 Å². The molecule has 13 heavy (non-hydrogen) atoms. The summed E-state index contributed by atoms with van der Waals surface area (Å²) in [5, 5.41) is 8.22. The largest absolute Gasteiger partial charge is 0.478 e. The molecule has 0 aliphatic heterocycles. The van der Waals surface area contributed by atoms with Crippen LogP contribution in [0.15, 0.2) is 11.6 Å². The molecule has 0 rings (SSSR count). The zero-order valence-corrected chi connectivity index (χ0v) is 6.73. The van der Waals surface area contributed by atoms with Crippen molar-refractivity contribution >= 4 is 5.97 Å². The zero-order valence-electron chi connectivity index (χ0n) is 6.73. The Bertz CT molecular complexity index is 223. The van der Waals surface area contributed by atoms with Crippen LogP contribution in [-0.4, -0.2) is 23.4 Å². The van der Waals surface area contributed by atoms with Crippen LogP contribution >= 0.6 is 0 Å². The Morgan fingerprint density at radius 2 is 2.00 bits per heavy atom. The predicted octanol–water partition coefficient (Wildman–Crippen LogP) is 2.31. The first kappa shape index (κ1) is 11.9. The minimum Gasteiger partial charge on any atom is -0.478 e. The van der Waals surface area contributed by atoms with E-state index in [-0.39, 0.29) is 5.57 Å². The number of carbonyl (C=O) groups is 1. The molecule has 0 aromatic carbocycles. The molecule has 0 aliphatic rings. The van der Waals surface area contributed by atoms with Crippen molar-refractivity contribution < 1.29 is 27.5 Å². The van der Waals surface area contributed by atoms with Crippen molar-refractivity contribution in [3.63, 3.8) is 0 Å². The summed E-state index contributed by atoms with van der Waals surface area (Å²) in [4.78, 5) is 10.1. The van der Waals surface area contributed by atoms with Crippen LogP contribution in [0.4, 0.5) is 17.6 Å². The van der Waals surface area contributed by atoms with Gasteiger partial charge < -0.3 is 5.11 Å². The molecule has 76 valence electrons. The maximum atomic E-state index is 12.2. The van der Waals surface area contributed by atoms with E-state index in [1.807, 2.05) is 0 Å². The topological polar surface area (TPSA) is 37.3 Å². The van der Waals surface area contributed by atoms with Crippen molar-refractivity contribution in [2.75, 3.05) is 0 Å². The summed E-state index contributed by atoms with van der Waals surface area (Å²) in [7, 11) is 0. The van der Waals surface area contributed by atoms with E-state index in [0.29, 0.717) is 6.08 Å². The van der Waals surface area contributed by atoms with Gasteiger partial charge in [0.2, 0.25) is 0 Å². The Kier molecular flexibility index (Phi) is 3.90. The van der Waals surface area contributed by atoms with Gasteiger partial charge in [-0.25, -0.2) is 13.6 Å². The average Bonchev–Trinajstić information content (AvgIpc) is 1.99. The standard InChI is InChI=1S/C7H8F4O2/c1-4(5(12)13)2-3-7(10,11)6(8)9/h2,6H,3H2,1H3,(H,12,13)/b4-2+. The summed E-state index contributed by atoms with van der Waals surface area (Å²) in [6.45, 7) is 1.06. The zero-order chi connectivity index (χ0) is 10.6. The molecule has 0 amide bonds. The van der Waals surface area contributed by atoms with Crippen molar-refractivity contribution in [1.29, 1.82) is 0 Å². The van der Waals surface area contributed by atoms with Crippen LogP contribution < -0.4 is 0 Å². The second-order valence-electron chi connectivity index (χ2n) is 2.46. The van der Waals surface area contributed by atoms with Gasteiger partial charge in [0.1, 0.15) is 0 Å². The van der Waals surface area contributed by atoms with Gasteiger partial charge in [0, 0.05) is 12.0 Å². The van der Waals surface area contributed by atoms with Gasteiger partial charge in [0.05, 0.1) is 0 Å². The number of aliphatic carboxylic acids is 1. The normalized spacial score (nSPS) is 13.5. The van der Waals surface area contributed by atoms with Crippen molar-refractivity contribution in [1.82, 2.24) is 0 Å². The number of rotatable bonds is 4. The molecule has 0 aromatic rings. The molecule has 0 unspecified atom stereocenters. The third-order valence-corrected chi connectivity index (χ3v) is 1.34. The van der Waals surface area contributed by atoms with Gasteiger partial charge in [-0.15, -0.1) is 0 Å². The quantitative estimate of drug-likeness (QED) is 0.558. The van der Waals surface area contributed by atoms with Gasteiger partial charge in [-0.2, -0.15) is 8.78 Å². The van der Waals surface area contributed by atoms with E-state index in [4.69, 9.17) is 5.11 Å². The second-order valence-corrected chi connectivity index (χ2v) is 2.46. The molecule has 0 fully saturated rings. The van der Waals surface area contributed by atoms with Crippen LogP contribution in [0, 0.1) is 0 Å². The fourth-order valence-corrected chi connectivity index (χ4v) is 0.466. The van der Waals surface area contributed by atoms with Gasteiger partial charge in [-0.3, -0.25) is 0 Å². The summed E-state index contributed by atoms with van der Waals surface area (Å²) in [6.07, 6.45) is -4.46. The number of carboxylic acid groups (broad SMARTS) is 1. The lowest BCUT2D eigenvalue weighted by atomic mass is 10.2. The van der Waals surface area contributed by atoms with Crippen LogP contribution in [0.25, 0.3) is 0 Å². The van der Waals surface area contributed by atoms with Crippen LogP contribution in [0.5, 0.6) is 0 Å². The smallest absolute Gasteiger partial charge is 0.330 e. The lowest BCUT2D eigenvalue weighted by Crippen LogP contribution is -2.25. The highest BCUT2D eigenvalue weighted by Crippen LogP contribution is 2.27. The number of carboxylic acids is 1. The first-order valence-electron chi connectivity index (χ1n) is 3.33. The number of allylic oxidation sites excluding steroid dienone is 1. The molecule has 0 aromatic heterocycles. The number of hydrogen-bond acceptors (Lipinski definition) is 1. The summed E-state index contributed by atoms with van der Waals surface area (Å²) in [5.41, 5.74) is -0.375. The first-order chi connectivity index (χ1) is 5.77. The molecular formula is C7H8F4O2. The average molecular weight is 200 g/mol. The summed E-state index contributed by atoms with van der Waals surface area (Å²) < 4.78 is 47.4. The molecule has 0 saturated heterocycles. The second kappa shape index (κ2) is 4.25. The summed E-state index contributed by atoms with van der Waals surface area (Å²) in [6, 6.07) is 0. The molecule has 0 radical (unpaired) electrons. The molecule has 0 bridgehead atoms. The van der Waals surface area contributed by atoms with Crippen molar-refractivity contribution in [2.24, 2.45) is 0 Å². The highest BCUT2D eigenvalue weighted by Gasteiger charge is 2.39. The fraction of sp³-hybridized carbons (Fsp3) is 0.571. The maximum Gasteiger partial charge on any atom is 0.330 e. The molecule has 6 heteroatoms.